The van der Waals surface area contributed by atoms with E-state index in [4.69, 9.17) is 34.4 Å². The first-order valence-electron chi connectivity index (χ1n) is 8.76. The number of ether oxygens (including phenoxy) is 1. The highest BCUT2D eigenvalue weighted by Gasteiger charge is 2.37. The van der Waals surface area contributed by atoms with Crippen molar-refractivity contribution < 1.29 is 19.1 Å². The molecule has 4 amide bonds. The molecule has 0 bridgehead atoms. The summed E-state index contributed by atoms with van der Waals surface area (Å²) in [5.74, 6) is 0.937. The van der Waals surface area contributed by atoms with Gasteiger partial charge in [0.25, 0.3) is 11.8 Å². The summed E-state index contributed by atoms with van der Waals surface area (Å²) < 4.78 is 5.30. The number of halogens is 2. The molecule has 1 saturated heterocycles. The molecular weight excluding hydrogens is 427 g/mol. The normalized spacial score (nSPS) is 15.2. The van der Waals surface area contributed by atoms with Gasteiger partial charge in [-0.3, -0.25) is 14.9 Å². The molecular formula is C22H16Cl2N2O4. The lowest BCUT2D eigenvalue weighted by molar-refractivity contribution is -0.122. The molecule has 0 unspecified atom stereocenters. The zero-order valence-electron chi connectivity index (χ0n) is 16.1. The van der Waals surface area contributed by atoms with Crippen LogP contribution >= 0.6 is 23.2 Å². The summed E-state index contributed by atoms with van der Waals surface area (Å²) in [5.41, 5.74) is 2.25. The Morgan fingerprint density at radius 1 is 1.07 bits per heavy atom. The highest BCUT2D eigenvalue weighted by atomic mass is 35.5. The molecule has 1 aliphatic heterocycles. The molecule has 0 aliphatic carbocycles. The Morgan fingerprint density at radius 2 is 1.67 bits per heavy atom. The molecule has 2 aromatic carbocycles. The number of anilines is 1. The first kappa shape index (κ1) is 21.4. The van der Waals surface area contributed by atoms with Crippen molar-refractivity contribution in [1.82, 2.24) is 5.32 Å². The van der Waals surface area contributed by atoms with Gasteiger partial charge in [0, 0.05) is 0 Å². The number of terminal acetylenes is 1. The van der Waals surface area contributed by atoms with Crippen LogP contribution in [0.5, 0.6) is 5.75 Å². The van der Waals surface area contributed by atoms with Gasteiger partial charge in [0.1, 0.15) is 12.2 Å². The molecule has 1 fully saturated rings. The summed E-state index contributed by atoms with van der Waals surface area (Å²) >= 11 is 12.4. The lowest BCUT2D eigenvalue weighted by Gasteiger charge is -2.27. The third-order valence-electron chi connectivity index (χ3n) is 4.20. The van der Waals surface area contributed by atoms with Gasteiger partial charge in [-0.2, -0.15) is 0 Å². The average Bonchev–Trinajstić information content (AvgIpc) is 2.63. The van der Waals surface area contributed by atoms with Crippen molar-refractivity contribution in [2.45, 2.75) is 13.8 Å². The summed E-state index contributed by atoms with van der Waals surface area (Å²) in [5, 5.41) is 2.51. The second kappa shape index (κ2) is 8.62. The van der Waals surface area contributed by atoms with E-state index < -0.39 is 17.8 Å². The van der Waals surface area contributed by atoms with Crippen LogP contribution in [-0.2, 0) is 9.59 Å². The SMILES string of the molecule is C#CCOc1c(Cl)cc(/C=C2\C(=O)NC(=O)N(c3cc(C)cc(C)c3)C2=O)cc1Cl. The Labute approximate surface area is 183 Å². The monoisotopic (exact) mass is 442 g/mol. The standard InChI is InChI=1S/C22H16Cl2N2O4/c1-4-5-30-19-17(23)10-14(11-18(19)24)9-16-20(27)25-22(29)26(21(16)28)15-7-12(2)6-13(3)8-15/h1,6-11H,5H2,2-3H3,(H,25,27,29)/b16-9+. The molecule has 0 spiro atoms. The van der Waals surface area contributed by atoms with E-state index >= 15 is 0 Å². The summed E-state index contributed by atoms with van der Waals surface area (Å²) in [6.45, 7) is 3.67. The van der Waals surface area contributed by atoms with Crippen LogP contribution in [0.3, 0.4) is 0 Å². The minimum atomic E-state index is -0.818. The van der Waals surface area contributed by atoms with Crippen LogP contribution in [0.15, 0.2) is 35.9 Å². The predicted molar refractivity (Wildman–Crippen MR) is 116 cm³/mol. The molecule has 0 radical (unpaired) electrons. The van der Waals surface area contributed by atoms with E-state index in [9.17, 15) is 14.4 Å². The smallest absolute Gasteiger partial charge is 0.335 e. The van der Waals surface area contributed by atoms with Gasteiger partial charge in [0.15, 0.2) is 5.75 Å². The Morgan fingerprint density at radius 3 is 2.23 bits per heavy atom. The number of rotatable bonds is 4. The van der Waals surface area contributed by atoms with Crippen molar-refractivity contribution in [2.75, 3.05) is 11.5 Å². The van der Waals surface area contributed by atoms with Crippen molar-refractivity contribution in [3.63, 3.8) is 0 Å². The van der Waals surface area contributed by atoms with Gasteiger partial charge in [-0.1, -0.05) is 35.2 Å². The quantitative estimate of drug-likeness (QED) is 0.435. The Bertz CT molecular complexity index is 1110. The Balaban J connectivity index is 2.02. The maximum atomic E-state index is 13.0. The number of aryl methyl sites for hydroxylation is 2. The largest absolute Gasteiger partial charge is 0.478 e. The maximum Gasteiger partial charge on any atom is 0.335 e. The molecule has 0 atom stereocenters. The van der Waals surface area contributed by atoms with Crippen molar-refractivity contribution in [3.8, 4) is 18.1 Å². The fourth-order valence-electron chi connectivity index (χ4n) is 3.05. The molecule has 6 nitrogen and oxygen atoms in total. The molecule has 8 heteroatoms. The second-order valence-electron chi connectivity index (χ2n) is 6.61. The van der Waals surface area contributed by atoms with E-state index in [1.165, 1.54) is 18.2 Å². The minimum absolute atomic E-state index is 0.0201. The van der Waals surface area contributed by atoms with Crippen molar-refractivity contribution >= 4 is 52.8 Å². The number of carbonyl (C=O) groups is 3. The fraction of sp³-hybridized carbons (Fsp3) is 0.136. The number of barbiturate groups is 1. The number of nitrogens with zero attached hydrogens (tertiary/aromatic N) is 1. The van der Waals surface area contributed by atoms with Crippen LogP contribution < -0.4 is 15.0 Å². The summed E-state index contributed by atoms with van der Waals surface area (Å²) in [4.78, 5) is 38.6. The number of amides is 4. The third-order valence-corrected chi connectivity index (χ3v) is 4.76. The summed E-state index contributed by atoms with van der Waals surface area (Å²) in [6.07, 6.45) is 6.47. The second-order valence-corrected chi connectivity index (χ2v) is 7.42. The number of nitrogens with one attached hydrogen (secondary N) is 1. The number of carbonyl (C=O) groups excluding carboxylic acids is 3. The Hall–Kier alpha value is -3.27. The maximum absolute atomic E-state index is 13.0. The van der Waals surface area contributed by atoms with E-state index in [1.807, 2.05) is 19.9 Å². The molecule has 30 heavy (non-hydrogen) atoms. The van der Waals surface area contributed by atoms with Crippen LogP contribution in [0.2, 0.25) is 10.0 Å². The van der Waals surface area contributed by atoms with E-state index in [-0.39, 0.29) is 28.0 Å². The van der Waals surface area contributed by atoms with Gasteiger partial charge in [-0.15, -0.1) is 6.42 Å². The molecule has 0 aromatic heterocycles. The number of hydrogen-bond acceptors (Lipinski definition) is 4. The molecule has 1 heterocycles. The van der Waals surface area contributed by atoms with Crippen LogP contribution in [0.4, 0.5) is 10.5 Å². The molecule has 1 N–H and O–H groups in total. The van der Waals surface area contributed by atoms with E-state index in [2.05, 4.69) is 11.2 Å². The number of imide groups is 2. The molecule has 3 rings (SSSR count). The first-order valence-corrected chi connectivity index (χ1v) is 9.52. The van der Waals surface area contributed by atoms with Gasteiger partial charge in [0.05, 0.1) is 15.7 Å². The average molecular weight is 443 g/mol. The van der Waals surface area contributed by atoms with Gasteiger partial charge < -0.3 is 4.74 Å². The van der Waals surface area contributed by atoms with E-state index in [0.717, 1.165) is 16.0 Å². The van der Waals surface area contributed by atoms with Crippen LogP contribution in [0.1, 0.15) is 16.7 Å². The van der Waals surface area contributed by atoms with Crippen molar-refractivity contribution in [2.24, 2.45) is 0 Å². The first-order chi connectivity index (χ1) is 14.2. The molecule has 152 valence electrons. The Kier molecular flexibility index (Phi) is 6.16. The number of hydrogen-bond donors (Lipinski definition) is 1. The van der Waals surface area contributed by atoms with Gasteiger partial charge >= 0.3 is 6.03 Å². The zero-order valence-corrected chi connectivity index (χ0v) is 17.6. The van der Waals surface area contributed by atoms with Crippen molar-refractivity contribution in [3.05, 3.63) is 62.6 Å². The summed E-state index contributed by atoms with van der Waals surface area (Å²) in [6, 6.07) is 7.41. The van der Waals surface area contributed by atoms with Crippen LogP contribution in [0.25, 0.3) is 6.08 Å². The highest BCUT2D eigenvalue weighted by Crippen LogP contribution is 2.35. The summed E-state index contributed by atoms with van der Waals surface area (Å²) in [7, 11) is 0. The third kappa shape index (κ3) is 4.33. The lowest BCUT2D eigenvalue weighted by Crippen LogP contribution is -2.54. The number of benzene rings is 2. The van der Waals surface area contributed by atoms with Gasteiger partial charge in [-0.25, -0.2) is 9.69 Å². The van der Waals surface area contributed by atoms with Gasteiger partial charge in [-0.05, 0) is 60.9 Å². The molecule has 1 aliphatic rings. The lowest BCUT2D eigenvalue weighted by atomic mass is 10.1. The number of urea groups is 1. The molecule has 0 saturated carbocycles. The van der Waals surface area contributed by atoms with Gasteiger partial charge in [0.2, 0.25) is 0 Å². The van der Waals surface area contributed by atoms with E-state index in [1.54, 1.807) is 12.1 Å². The highest BCUT2D eigenvalue weighted by molar-refractivity contribution is 6.40. The zero-order chi connectivity index (χ0) is 22.0. The fourth-order valence-corrected chi connectivity index (χ4v) is 3.67. The van der Waals surface area contributed by atoms with E-state index in [0.29, 0.717) is 11.3 Å². The van der Waals surface area contributed by atoms with Crippen LogP contribution in [0, 0.1) is 26.2 Å². The van der Waals surface area contributed by atoms with Crippen LogP contribution in [-0.4, -0.2) is 24.5 Å². The van der Waals surface area contributed by atoms with Crippen molar-refractivity contribution in [1.29, 1.82) is 0 Å². The topological polar surface area (TPSA) is 75.7 Å². The minimum Gasteiger partial charge on any atom is -0.478 e. The predicted octanol–water partition coefficient (Wildman–Crippen LogP) is 4.29. The molecule has 2 aromatic rings.